The Bertz CT molecular complexity index is 696. The van der Waals surface area contributed by atoms with E-state index in [4.69, 9.17) is 11.0 Å². The van der Waals surface area contributed by atoms with Gasteiger partial charge >= 0.3 is 6.03 Å². The number of hydrogen-bond acceptors (Lipinski definition) is 3. The van der Waals surface area contributed by atoms with Crippen molar-refractivity contribution in [2.45, 2.75) is 6.92 Å². The third-order valence-electron chi connectivity index (χ3n) is 2.78. The number of nitriles is 1. The summed E-state index contributed by atoms with van der Waals surface area (Å²) in [6, 6.07) is 11.8. The van der Waals surface area contributed by atoms with Gasteiger partial charge in [-0.25, -0.2) is 4.79 Å². The Labute approximate surface area is 130 Å². The molecule has 0 bridgehead atoms. The predicted octanol–water partition coefficient (Wildman–Crippen LogP) is 3.86. The minimum Gasteiger partial charge on any atom is -0.397 e. The highest BCUT2D eigenvalue weighted by molar-refractivity contribution is 9.10. The Hall–Kier alpha value is -2.52. The number of nitrogens with one attached hydrogen (secondary N) is 2. The van der Waals surface area contributed by atoms with Crippen LogP contribution < -0.4 is 16.4 Å². The second-order valence-electron chi connectivity index (χ2n) is 4.48. The maximum absolute atomic E-state index is 12.0. The van der Waals surface area contributed by atoms with Crippen LogP contribution in [0.15, 0.2) is 40.9 Å². The van der Waals surface area contributed by atoms with Crippen LogP contribution in [-0.4, -0.2) is 6.03 Å². The molecule has 0 aliphatic carbocycles. The highest BCUT2D eigenvalue weighted by Gasteiger charge is 2.10. The smallest absolute Gasteiger partial charge is 0.323 e. The van der Waals surface area contributed by atoms with Crippen molar-refractivity contribution in [2.75, 3.05) is 16.4 Å². The first-order valence-corrected chi connectivity index (χ1v) is 6.92. The molecule has 0 saturated heterocycles. The zero-order valence-corrected chi connectivity index (χ0v) is 12.9. The second-order valence-corrected chi connectivity index (χ2v) is 5.33. The lowest BCUT2D eigenvalue weighted by Gasteiger charge is -2.12. The zero-order chi connectivity index (χ0) is 15.4. The monoisotopic (exact) mass is 344 g/mol. The van der Waals surface area contributed by atoms with E-state index >= 15 is 0 Å². The molecule has 0 aromatic heterocycles. The maximum atomic E-state index is 12.0. The van der Waals surface area contributed by atoms with Gasteiger partial charge in [-0.3, -0.25) is 0 Å². The van der Waals surface area contributed by atoms with Crippen molar-refractivity contribution in [1.82, 2.24) is 0 Å². The fourth-order valence-corrected chi connectivity index (χ4v) is 2.49. The molecule has 2 amide bonds. The van der Waals surface area contributed by atoms with Crippen molar-refractivity contribution in [1.29, 1.82) is 5.26 Å². The normalized spacial score (nSPS) is 9.76. The first kappa shape index (κ1) is 14.9. The molecule has 0 aliphatic heterocycles. The van der Waals surface area contributed by atoms with Gasteiger partial charge in [0.2, 0.25) is 0 Å². The molecule has 5 nitrogen and oxygen atoms in total. The average Bonchev–Trinajstić information content (AvgIpc) is 2.43. The van der Waals surface area contributed by atoms with Crippen LogP contribution in [0, 0.1) is 18.3 Å². The summed E-state index contributed by atoms with van der Waals surface area (Å²) in [5.41, 5.74) is 9.02. The van der Waals surface area contributed by atoms with E-state index in [-0.39, 0.29) is 0 Å². The molecule has 0 aliphatic rings. The number of halogens is 1. The fourth-order valence-electron chi connectivity index (χ4n) is 1.80. The molecule has 0 radical (unpaired) electrons. The first-order chi connectivity index (χ1) is 9.99. The van der Waals surface area contributed by atoms with E-state index in [1.807, 2.05) is 19.1 Å². The number of amides is 2. The number of benzene rings is 2. The Morgan fingerprint density at radius 2 is 1.90 bits per heavy atom. The number of carbonyl (C=O) groups is 1. The minimum atomic E-state index is -0.407. The van der Waals surface area contributed by atoms with Gasteiger partial charge in [0, 0.05) is 10.2 Å². The first-order valence-electron chi connectivity index (χ1n) is 6.13. The fraction of sp³-hybridized carbons (Fsp3) is 0.0667. The SMILES string of the molecule is Cc1cc(N)c(NC(=O)Nc2ccc(C#N)cc2)c(Br)c1. The van der Waals surface area contributed by atoms with Crippen LogP contribution in [0.1, 0.15) is 11.1 Å². The molecule has 21 heavy (non-hydrogen) atoms. The summed E-state index contributed by atoms with van der Waals surface area (Å²) in [5, 5.41) is 14.1. The van der Waals surface area contributed by atoms with E-state index in [0.717, 1.165) is 10.0 Å². The van der Waals surface area contributed by atoms with Crippen molar-refractivity contribution in [3.05, 3.63) is 52.0 Å². The molecule has 0 unspecified atom stereocenters. The van der Waals surface area contributed by atoms with Crippen LogP contribution in [0.25, 0.3) is 0 Å². The van der Waals surface area contributed by atoms with Crippen LogP contribution in [0.3, 0.4) is 0 Å². The Morgan fingerprint density at radius 3 is 2.48 bits per heavy atom. The summed E-state index contributed by atoms with van der Waals surface area (Å²) >= 11 is 3.37. The number of hydrogen-bond donors (Lipinski definition) is 3. The maximum Gasteiger partial charge on any atom is 0.323 e. The highest BCUT2D eigenvalue weighted by atomic mass is 79.9. The summed E-state index contributed by atoms with van der Waals surface area (Å²) in [6.45, 7) is 1.92. The summed E-state index contributed by atoms with van der Waals surface area (Å²) < 4.78 is 0.718. The lowest BCUT2D eigenvalue weighted by Crippen LogP contribution is -2.20. The molecule has 0 saturated carbocycles. The molecule has 4 N–H and O–H groups in total. The van der Waals surface area contributed by atoms with Crippen molar-refractivity contribution in [2.24, 2.45) is 0 Å². The molecule has 0 fully saturated rings. The molecule has 2 aromatic rings. The molecule has 0 atom stereocenters. The Kier molecular flexibility index (Phi) is 4.45. The van der Waals surface area contributed by atoms with Crippen molar-refractivity contribution in [3.8, 4) is 6.07 Å². The lowest BCUT2D eigenvalue weighted by molar-refractivity contribution is 0.262. The van der Waals surface area contributed by atoms with E-state index in [1.165, 1.54) is 0 Å². The van der Waals surface area contributed by atoms with Gasteiger partial charge < -0.3 is 16.4 Å². The number of nitrogens with zero attached hydrogens (tertiary/aromatic N) is 1. The molecule has 6 heteroatoms. The number of urea groups is 1. The van der Waals surface area contributed by atoms with E-state index in [2.05, 4.69) is 26.6 Å². The van der Waals surface area contributed by atoms with Gasteiger partial charge in [-0.15, -0.1) is 0 Å². The van der Waals surface area contributed by atoms with Crippen LogP contribution in [-0.2, 0) is 0 Å². The van der Waals surface area contributed by atoms with Crippen molar-refractivity contribution in [3.63, 3.8) is 0 Å². The summed E-state index contributed by atoms with van der Waals surface area (Å²) in [5.74, 6) is 0. The van der Waals surface area contributed by atoms with Gasteiger partial charge in [0.25, 0.3) is 0 Å². The largest absolute Gasteiger partial charge is 0.397 e. The number of nitrogens with two attached hydrogens (primary N) is 1. The van der Waals surface area contributed by atoms with E-state index in [1.54, 1.807) is 30.3 Å². The van der Waals surface area contributed by atoms with E-state index in [9.17, 15) is 4.79 Å². The van der Waals surface area contributed by atoms with Gasteiger partial charge in [-0.2, -0.15) is 5.26 Å². The topological polar surface area (TPSA) is 90.9 Å². The third-order valence-corrected chi connectivity index (χ3v) is 3.40. The predicted molar refractivity (Wildman–Crippen MR) is 87.1 cm³/mol. The van der Waals surface area contributed by atoms with Gasteiger partial charge in [0.15, 0.2) is 0 Å². The zero-order valence-electron chi connectivity index (χ0n) is 11.3. The highest BCUT2D eigenvalue weighted by Crippen LogP contribution is 2.30. The molecule has 0 heterocycles. The van der Waals surface area contributed by atoms with Crippen LogP contribution in [0.4, 0.5) is 21.9 Å². The standard InChI is InChI=1S/C15H13BrN4O/c1-9-6-12(16)14(13(18)7-9)20-15(21)19-11-4-2-10(8-17)3-5-11/h2-7H,18H2,1H3,(H2,19,20,21). The number of nitrogen functional groups attached to an aromatic ring is 1. The van der Waals surface area contributed by atoms with Crippen molar-refractivity contribution >= 4 is 39.0 Å². The number of carbonyl (C=O) groups excluding carboxylic acids is 1. The summed E-state index contributed by atoms with van der Waals surface area (Å²) in [4.78, 5) is 12.0. The van der Waals surface area contributed by atoms with E-state index < -0.39 is 6.03 Å². The average molecular weight is 345 g/mol. The number of anilines is 3. The summed E-state index contributed by atoms with van der Waals surface area (Å²) in [6.07, 6.45) is 0. The molecular weight excluding hydrogens is 332 g/mol. The molecule has 2 aromatic carbocycles. The van der Waals surface area contributed by atoms with Gasteiger partial charge in [0.05, 0.1) is 23.0 Å². The van der Waals surface area contributed by atoms with Crippen LogP contribution in [0.5, 0.6) is 0 Å². The minimum absolute atomic E-state index is 0.407. The Morgan fingerprint density at radius 1 is 1.24 bits per heavy atom. The van der Waals surface area contributed by atoms with Crippen molar-refractivity contribution < 1.29 is 4.79 Å². The second kappa shape index (κ2) is 6.29. The molecule has 0 spiro atoms. The quantitative estimate of drug-likeness (QED) is 0.722. The lowest BCUT2D eigenvalue weighted by atomic mass is 10.2. The van der Waals surface area contributed by atoms with E-state index in [0.29, 0.717) is 22.6 Å². The summed E-state index contributed by atoms with van der Waals surface area (Å²) in [7, 11) is 0. The molecule has 106 valence electrons. The third kappa shape index (κ3) is 3.74. The molecule has 2 rings (SSSR count). The van der Waals surface area contributed by atoms with Crippen LogP contribution in [0.2, 0.25) is 0 Å². The Balaban J connectivity index is 2.10. The van der Waals surface area contributed by atoms with Gasteiger partial charge in [-0.05, 0) is 64.8 Å². The van der Waals surface area contributed by atoms with Gasteiger partial charge in [-0.1, -0.05) is 0 Å². The van der Waals surface area contributed by atoms with Crippen LogP contribution >= 0.6 is 15.9 Å². The number of rotatable bonds is 2. The van der Waals surface area contributed by atoms with Gasteiger partial charge in [0.1, 0.15) is 0 Å². The number of aryl methyl sites for hydroxylation is 1. The molecular formula is C15H13BrN4O.